The molecule has 1 aliphatic heterocycles. The maximum atomic E-state index is 9.11. The molecule has 4 N–H and O–H groups in total. The molecule has 1 aliphatic rings. The highest BCUT2D eigenvalue weighted by atomic mass is 16.5. The summed E-state index contributed by atoms with van der Waals surface area (Å²) in [7, 11) is 0. The highest BCUT2D eigenvalue weighted by Gasteiger charge is 2.38. The molecule has 1 heterocycles. The van der Waals surface area contributed by atoms with Crippen LogP contribution >= 0.6 is 0 Å². The van der Waals surface area contributed by atoms with Gasteiger partial charge in [0.25, 0.3) is 0 Å². The molecule has 1 unspecified atom stereocenters. The Balaban J connectivity index is 2.47. The maximum Gasteiger partial charge on any atom is 0.114 e. The molecule has 0 radical (unpaired) electrons. The van der Waals surface area contributed by atoms with Crippen LogP contribution in [0.4, 0.5) is 0 Å². The minimum absolute atomic E-state index is 0.00287. The Morgan fingerprint density at radius 2 is 2.09 bits per heavy atom. The van der Waals surface area contributed by atoms with E-state index in [0.717, 1.165) is 0 Å². The summed E-state index contributed by atoms with van der Waals surface area (Å²) < 4.78 is 4.82. The zero-order chi connectivity index (χ0) is 8.43. The molecule has 5 heteroatoms. The number of hydrogen-bond acceptors (Lipinski definition) is 5. The molecule has 5 nitrogen and oxygen atoms in total. The highest BCUT2D eigenvalue weighted by molar-refractivity contribution is 4.87. The van der Waals surface area contributed by atoms with Gasteiger partial charge in [0.1, 0.15) is 24.4 Å². The van der Waals surface area contributed by atoms with Crippen molar-refractivity contribution in [2.24, 2.45) is 0 Å². The van der Waals surface area contributed by atoms with Gasteiger partial charge < -0.3 is 25.2 Å². The van der Waals surface area contributed by atoms with Gasteiger partial charge in [-0.3, -0.25) is 0 Å². The van der Waals surface area contributed by atoms with Crippen molar-refractivity contribution in [3.05, 3.63) is 0 Å². The van der Waals surface area contributed by atoms with E-state index in [9.17, 15) is 0 Å². The summed E-state index contributed by atoms with van der Waals surface area (Å²) in [6, 6.07) is 0. The maximum absolute atomic E-state index is 9.11. The van der Waals surface area contributed by atoms with Crippen molar-refractivity contribution in [3.8, 4) is 0 Å². The summed E-state index contributed by atoms with van der Waals surface area (Å²) in [4.78, 5) is 0. The molecule has 0 saturated carbocycles. The Bertz CT molecular complexity index is 128. The summed E-state index contributed by atoms with van der Waals surface area (Å²) >= 11 is 0. The predicted molar refractivity (Wildman–Crippen MR) is 34.8 cm³/mol. The van der Waals surface area contributed by atoms with E-state index in [4.69, 9.17) is 25.2 Å². The first-order valence-corrected chi connectivity index (χ1v) is 3.43. The van der Waals surface area contributed by atoms with Gasteiger partial charge in [0.15, 0.2) is 0 Å². The van der Waals surface area contributed by atoms with Crippen LogP contribution in [0.3, 0.4) is 0 Å². The van der Waals surface area contributed by atoms with Gasteiger partial charge in [-0.15, -0.1) is 0 Å². The number of aliphatic hydroxyl groups excluding tert-OH is 4. The predicted octanol–water partition coefficient (Wildman–Crippen LogP) is -2.54. The molecule has 4 atom stereocenters. The lowest BCUT2D eigenvalue weighted by Crippen LogP contribution is -2.40. The van der Waals surface area contributed by atoms with Crippen LogP contribution in [-0.2, 0) is 4.74 Å². The number of ether oxygens (including phenoxy) is 1. The molecular weight excluding hydrogens is 152 g/mol. The molecule has 0 aromatic heterocycles. The first kappa shape index (κ1) is 8.89. The monoisotopic (exact) mass is 164 g/mol. The average Bonchev–Trinajstić information content (AvgIpc) is 2.32. The fraction of sp³-hybridized carbons (Fsp3) is 1.00. The molecule has 1 rings (SSSR count). The third-order valence-corrected chi connectivity index (χ3v) is 1.76. The minimum Gasteiger partial charge on any atom is -0.394 e. The summed E-state index contributed by atoms with van der Waals surface area (Å²) in [5.74, 6) is 0. The second-order valence-corrected chi connectivity index (χ2v) is 2.61. The second kappa shape index (κ2) is 3.46. The zero-order valence-electron chi connectivity index (χ0n) is 5.92. The van der Waals surface area contributed by atoms with E-state index >= 15 is 0 Å². The van der Waals surface area contributed by atoms with Gasteiger partial charge in [-0.2, -0.15) is 0 Å². The van der Waals surface area contributed by atoms with Crippen molar-refractivity contribution in [2.75, 3.05) is 13.2 Å². The first-order chi connectivity index (χ1) is 5.16. The Labute approximate surface area is 63.8 Å². The Hall–Kier alpha value is -0.200. The summed E-state index contributed by atoms with van der Waals surface area (Å²) in [5, 5.41) is 35.5. The number of rotatable bonds is 2. The summed E-state index contributed by atoms with van der Waals surface area (Å²) in [6.07, 6.45) is -4.05. The molecular formula is C6H12O5. The van der Waals surface area contributed by atoms with Crippen molar-refractivity contribution < 1.29 is 25.2 Å². The molecule has 1 fully saturated rings. The summed E-state index contributed by atoms with van der Waals surface area (Å²) in [6.45, 7) is -0.475. The lowest BCUT2D eigenvalue weighted by atomic mass is 10.1. The van der Waals surface area contributed by atoms with Crippen LogP contribution < -0.4 is 0 Å². The van der Waals surface area contributed by atoms with Crippen LogP contribution in [-0.4, -0.2) is 58.1 Å². The standard InChI is InChI=1S/C6H12O5/c7-1-3(8)6-5(10)4(9)2-11-6/h3-10H,1-2H2/t3?,4-,5+,6-/m0/s1. The molecule has 11 heavy (non-hydrogen) atoms. The number of aliphatic hydroxyl groups is 4. The molecule has 66 valence electrons. The highest BCUT2D eigenvalue weighted by Crippen LogP contribution is 2.16. The van der Waals surface area contributed by atoms with Gasteiger partial charge in [0.05, 0.1) is 13.2 Å². The number of hydrogen-bond donors (Lipinski definition) is 4. The lowest BCUT2D eigenvalue weighted by Gasteiger charge is -2.18. The molecule has 0 aromatic rings. The van der Waals surface area contributed by atoms with Gasteiger partial charge in [-0.25, -0.2) is 0 Å². The fourth-order valence-electron chi connectivity index (χ4n) is 1.07. The third-order valence-electron chi connectivity index (χ3n) is 1.76. The smallest absolute Gasteiger partial charge is 0.114 e. The first-order valence-electron chi connectivity index (χ1n) is 3.43. The van der Waals surface area contributed by atoms with Crippen LogP contribution in [0.1, 0.15) is 0 Å². The molecule has 1 saturated heterocycles. The van der Waals surface area contributed by atoms with Gasteiger partial charge in [-0.1, -0.05) is 0 Å². The van der Waals surface area contributed by atoms with Crippen molar-refractivity contribution in [1.82, 2.24) is 0 Å². The van der Waals surface area contributed by atoms with Crippen molar-refractivity contribution in [2.45, 2.75) is 24.4 Å². The summed E-state index contributed by atoms with van der Waals surface area (Å²) in [5.41, 5.74) is 0. The van der Waals surface area contributed by atoms with Crippen LogP contribution in [0.25, 0.3) is 0 Å². The molecule has 0 amide bonds. The molecule has 0 bridgehead atoms. The van der Waals surface area contributed by atoms with Crippen molar-refractivity contribution in [3.63, 3.8) is 0 Å². The van der Waals surface area contributed by atoms with E-state index in [2.05, 4.69) is 0 Å². The Kier molecular flexibility index (Phi) is 2.80. The second-order valence-electron chi connectivity index (χ2n) is 2.61. The third kappa shape index (κ3) is 1.69. The zero-order valence-corrected chi connectivity index (χ0v) is 5.92. The SMILES string of the molecule is OCC(O)[C@@H]1OC[C@H](O)[C@H]1O. The quantitative estimate of drug-likeness (QED) is 0.361. The lowest BCUT2D eigenvalue weighted by molar-refractivity contribution is -0.0684. The van der Waals surface area contributed by atoms with Gasteiger partial charge in [0, 0.05) is 0 Å². The minimum atomic E-state index is -1.12. The molecule has 0 aliphatic carbocycles. The van der Waals surface area contributed by atoms with E-state index in [1.807, 2.05) is 0 Å². The molecule has 0 aromatic carbocycles. The topological polar surface area (TPSA) is 90.2 Å². The van der Waals surface area contributed by atoms with Crippen LogP contribution in [0.5, 0.6) is 0 Å². The van der Waals surface area contributed by atoms with Crippen molar-refractivity contribution in [1.29, 1.82) is 0 Å². The van der Waals surface area contributed by atoms with E-state index in [-0.39, 0.29) is 6.61 Å². The van der Waals surface area contributed by atoms with Gasteiger partial charge in [-0.05, 0) is 0 Å². The van der Waals surface area contributed by atoms with Gasteiger partial charge in [0.2, 0.25) is 0 Å². The largest absolute Gasteiger partial charge is 0.394 e. The molecule has 0 spiro atoms. The van der Waals surface area contributed by atoms with E-state index < -0.39 is 31.0 Å². The Morgan fingerprint density at radius 3 is 2.45 bits per heavy atom. The van der Waals surface area contributed by atoms with Crippen LogP contribution in [0.15, 0.2) is 0 Å². The van der Waals surface area contributed by atoms with Gasteiger partial charge >= 0.3 is 0 Å². The Morgan fingerprint density at radius 1 is 1.45 bits per heavy atom. The van der Waals surface area contributed by atoms with Crippen LogP contribution in [0, 0.1) is 0 Å². The van der Waals surface area contributed by atoms with E-state index in [1.165, 1.54) is 0 Å². The van der Waals surface area contributed by atoms with E-state index in [0.29, 0.717) is 0 Å². The van der Waals surface area contributed by atoms with Crippen molar-refractivity contribution >= 4 is 0 Å². The fourth-order valence-corrected chi connectivity index (χ4v) is 1.07. The average molecular weight is 164 g/mol. The normalized spacial score (nSPS) is 40.9. The van der Waals surface area contributed by atoms with Crippen LogP contribution in [0.2, 0.25) is 0 Å². The van der Waals surface area contributed by atoms with E-state index in [1.54, 1.807) is 0 Å².